The van der Waals surface area contributed by atoms with E-state index in [1.165, 1.54) is 38.5 Å². The van der Waals surface area contributed by atoms with E-state index in [1.54, 1.807) is 11.8 Å². The molecule has 2 heterocycles. The SMILES string of the molecule is OC(CSC(=S)N1CCCCC1)CN1CCCCC1. The van der Waals surface area contributed by atoms with Gasteiger partial charge in [-0.2, -0.15) is 0 Å². The second-order valence-electron chi connectivity index (χ2n) is 5.64. The molecule has 1 N–H and O–H groups in total. The summed E-state index contributed by atoms with van der Waals surface area (Å²) in [5, 5.41) is 10.1. The molecule has 2 aliphatic heterocycles. The van der Waals surface area contributed by atoms with Gasteiger partial charge in [-0.25, -0.2) is 0 Å². The van der Waals surface area contributed by atoms with Crippen molar-refractivity contribution in [2.45, 2.75) is 44.6 Å². The first kappa shape index (κ1) is 15.5. The number of likely N-dealkylation sites (tertiary alicyclic amines) is 2. The van der Waals surface area contributed by atoms with Crippen molar-refractivity contribution in [1.82, 2.24) is 9.80 Å². The largest absolute Gasteiger partial charge is 0.391 e. The molecule has 0 aromatic carbocycles. The lowest BCUT2D eigenvalue weighted by atomic mass is 10.1. The first-order chi connectivity index (χ1) is 9.25. The van der Waals surface area contributed by atoms with Crippen LogP contribution in [0.4, 0.5) is 0 Å². The second-order valence-corrected chi connectivity index (χ2v) is 7.29. The van der Waals surface area contributed by atoms with Gasteiger partial charge in [-0.05, 0) is 45.2 Å². The fourth-order valence-corrected chi connectivity index (χ4v) is 4.02. The van der Waals surface area contributed by atoms with Gasteiger partial charge in [-0.3, -0.25) is 0 Å². The highest BCUT2D eigenvalue weighted by molar-refractivity contribution is 8.22. The Hall–Kier alpha value is 0.160. The van der Waals surface area contributed by atoms with Crippen molar-refractivity contribution >= 4 is 28.3 Å². The van der Waals surface area contributed by atoms with E-state index in [-0.39, 0.29) is 6.10 Å². The van der Waals surface area contributed by atoms with E-state index in [0.29, 0.717) is 0 Å². The Morgan fingerprint density at radius 3 is 2.21 bits per heavy atom. The second kappa shape index (κ2) is 8.45. The van der Waals surface area contributed by atoms with Gasteiger partial charge < -0.3 is 14.9 Å². The minimum absolute atomic E-state index is 0.245. The van der Waals surface area contributed by atoms with Gasteiger partial charge >= 0.3 is 0 Å². The van der Waals surface area contributed by atoms with Crippen molar-refractivity contribution < 1.29 is 5.11 Å². The number of hydrogen-bond acceptors (Lipinski definition) is 4. The lowest BCUT2D eigenvalue weighted by Gasteiger charge is -2.30. The first-order valence-electron chi connectivity index (χ1n) is 7.58. The van der Waals surface area contributed by atoms with E-state index >= 15 is 0 Å². The van der Waals surface area contributed by atoms with Crippen LogP contribution in [0.1, 0.15) is 38.5 Å². The maximum absolute atomic E-state index is 10.1. The normalized spacial score (nSPS) is 23.3. The van der Waals surface area contributed by atoms with E-state index in [2.05, 4.69) is 9.80 Å². The maximum Gasteiger partial charge on any atom is 0.136 e. The van der Waals surface area contributed by atoms with Gasteiger partial charge in [0.1, 0.15) is 4.32 Å². The lowest BCUT2D eigenvalue weighted by Crippen LogP contribution is -2.38. The predicted molar refractivity (Wildman–Crippen MR) is 86.8 cm³/mol. The smallest absolute Gasteiger partial charge is 0.136 e. The molecule has 1 unspecified atom stereocenters. The Labute approximate surface area is 126 Å². The van der Waals surface area contributed by atoms with Crippen LogP contribution in [0.5, 0.6) is 0 Å². The number of rotatable bonds is 4. The number of aliphatic hydroxyl groups is 1. The van der Waals surface area contributed by atoms with Crippen LogP contribution in [-0.2, 0) is 0 Å². The molecule has 0 aliphatic carbocycles. The number of thiocarbonyl (C=S) groups is 1. The molecule has 0 bridgehead atoms. The van der Waals surface area contributed by atoms with Gasteiger partial charge in [-0.15, -0.1) is 0 Å². The van der Waals surface area contributed by atoms with Crippen LogP contribution >= 0.6 is 24.0 Å². The lowest BCUT2D eigenvalue weighted by molar-refractivity contribution is 0.117. The van der Waals surface area contributed by atoms with E-state index < -0.39 is 0 Å². The zero-order chi connectivity index (χ0) is 13.5. The average molecular weight is 303 g/mol. The zero-order valence-electron chi connectivity index (χ0n) is 11.7. The van der Waals surface area contributed by atoms with Crippen molar-refractivity contribution in [2.75, 3.05) is 38.5 Å². The van der Waals surface area contributed by atoms with Gasteiger partial charge in [0.2, 0.25) is 0 Å². The summed E-state index contributed by atoms with van der Waals surface area (Å²) in [7, 11) is 0. The fraction of sp³-hybridized carbons (Fsp3) is 0.929. The van der Waals surface area contributed by atoms with Crippen LogP contribution in [0, 0.1) is 0 Å². The molecule has 2 saturated heterocycles. The van der Waals surface area contributed by atoms with Crippen LogP contribution in [0.15, 0.2) is 0 Å². The summed E-state index contributed by atoms with van der Waals surface area (Å²) in [5.74, 6) is 0.742. The number of aliphatic hydroxyl groups excluding tert-OH is 1. The Bertz CT molecular complexity index is 277. The van der Waals surface area contributed by atoms with Crippen LogP contribution < -0.4 is 0 Å². The number of β-amino-alcohol motifs (C(OH)–C–C–N with tert-alkyl or cyclic N) is 1. The zero-order valence-corrected chi connectivity index (χ0v) is 13.4. The van der Waals surface area contributed by atoms with Gasteiger partial charge in [0.15, 0.2) is 0 Å². The maximum atomic E-state index is 10.1. The quantitative estimate of drug-likeness (QED) is 0.804. The van der Waals surface area contributed by atoms with Crippen LogP contribution in [-0.4, -0.2) is 63.8 Å². The molecule has 5 heteroatoms. The van der Waals surface area contributed by atoms with E-state index in [0.717, 1.165) is 42.8 Å². The first-order valence-corrected chi connectivity index (χ1v) is 8.97. The Balaban J connectivity index is 1.61. The highest BCUT2D eigenvalue weighted by atomic mass is 32.2. The van der Waals surface area contributed by atoms with Crippen molar-refractivity contribution in [3.63, 3.8) is 0 Å². The summed E-state index contributed by atoms with van der Waals surface area (Å²) in [6, 6.07) is 0. The summed E-state index contributed by atoms with van der Waals surface area (Å²) < 4.78 is 0.984. The predicted octanol–water partition coefficient (Wildman–Crippen LogP) is 2.34. The van der Waals surface area contributed by atoms with Gasteiger partial charge in [-0.1, -0.05) is 30.4 Å². The Kier molecular flexibility index (Phi) is 6.91. The van der Waals surface area contributed by atoms with Crippen LogP contribution in [0.2, 0.25) is 0 Å². The summed E-state index contributed by atoms with van der Waals surface area (Å²) in [4.78, 5) is 4.69. The molecular weight excluding hydrogens is 276 g/mol. The molecule has 0 amide bonds. The number of thioether (sulfide) groups is 1. The van der Waals surface area contributed by atoms with Crippen molar-refractivity contribution in [2.24, 2.45) is 0 Å². The van der Waals surface area contributed by atoms with Crippen molar-refractivity contribution in [3.8, 4) is 0 Å². The third kappa shape index (κ3) is 5.58. The molecule has 0 spiro atoms. The van der Waals surface area contributed by atoms with Gasteiger partial charge in [0, 0.05) is 25.4 Å². The molecule has 0 radical (unpaired) electrons. The Morgan fingerprint density at radius 2 is 1.58 bits per heavy atom. The standard InChI is InChI=1S/C14H26N2OS2/c17-13(11-15-7-3-1-4-8-15)12-19-14(18)16-9-5-2-6-10-16/h13,17H,1-12H2. The number of hydrogen-bond donors (Lipinski definition) is 1. The minimum atomic E-state index is -0.245. The third-order valence-electron chi connectivity index (χ3n) is 3.93. The molecule has 110 valence electrons. The fourth-order valence-electron chi connectivity index (χ4n) is 2.83. The molecule has 1 atom stereocenters. The van der Waals surface area contributed by atoms with Crippen molar-refractivity contribution in [3.05, 3.63) is 0 Å². The molecule has 0 aromatic heterocycles. The van der Waals surface area contributed by atoms with E-state index in [4.69, 9.17) is 12.2 Å². The number of piperidine rings is 2. The Morgan fingerprint density at radius 1 is 1.00 bits per heavy atom. The van der Waals surface area contributed by atoms with Gasteiger partial charge in [0.25, 0.3) is 0 Å². The third-order valence-corrected chi connectivity index (χ3v) is 5.60. The molecule has 0 aromatic rings. The topological polar surface area (TPSA) is 26.7 Å². The summed E-state index contributed by atoms with van der Waals surface area (Å²) in [5.41, 5.74) is 0. The molecule has 0 saturated carbocycles. The van der Waals surface area contributed by atoms with Crippen LogP contribution in [0.25, 0.3) is 0 Å². The number of nitrogens with zero attached hydrogens (tertiary/aromatic N) is 2. The monoisotopic (exact) mass is 302 g/mol. The summed E-state index contributed by atoms with van der Waals surface area (Å²) in [6.45, 7) is 5.33. The van der Waals surface area contributed by atoms with E-state index in [9.17, 15) is 5.11 Å². The highest BCUT2D eigenvalue weighted by Crippen LogP contribution is 2.17. The molecule has 2 fully saturated rings. The molecular formula is C14H26N2OS2. The van der Waals surface area contributed by atoms with E-state index in [1.807, 2.05) is 0 Å². The summed E-state index contributed by atoms with van der Waals surface area (Å²) >= 11 is 7.12. The van der Waals surface area contributed by atoms with Crippen molar-refractivity contribution in [1.29, 1.82) is 0 Å². The van der Waals surface area contributed by atoms with Gasteiger partial charge in [0.05, 0.1) is 6.10 Å². The van der Waals surface area contributed by atoms with Crippen LogP contribution in [0.3, 0.4) is 0 Å². The summed E-state index contributed by atoms with van der Waals surface area (Å²) in [6.07, 6.45) is 7.53. The molecule has 2 aliphatic rings. The average Bonchev–Trinajstić information content (AvgIpc) is 2.47. The molecule has 3 nitrogen and oxygen atoms in total. The minimum Gasteiger partial charge on any atom is -0.391 e. The molecule has 19 heavy (non-hydrogen) atoms. The highest BCUT2D eigenvalue weighted by Gasteiger charge is 2.17. The molecule has 2 rings (SSSR count).